The maximum Gasteiger partial charge on any atom is 0.234 e. The second-order valence-corrected chi connectivity index (χ2v) is 8.29. The Morgan fingerprint density at radius 1 is 1.07 bits per heavy atom. The summed E-state index contributed by atoms with van der Waals surface area (Å²) in [4.78, 5) is 27.4. The van der Waals surface area contributed by atoms with Crippen LogP contribution in [0.15, 0.2) is 53.7 Å². The fourth-order valence-corrected chi connectivity index (χ4v) is 4.94. The van der Waals surface area contributed by atoms with Crippen LogP contribution in [0.4, 0.5) is 5.82 Å². The number of carbonyl (C=O) groups is 1. The summed E-state index contributed by atoms with van der Waals surface area (Å²) >= 11 is 1.64. The van der Waals surface area contributed by atoms with Gasteiger partial charge in [-0.3, -0.25) is 4.79 Å². The number of fused-ring (bicyclic) bond motifs is 1. The maximum atomic E-state index is 13.2. The number of carbonyl (C=O) groups excluding carboxylic acids is 1. The van der Waals surface area contributed by atoms with Crippen LogP contribution in [0.5, 0.6) is 0 Å². The average Bonchev–Trinajstić information content (AvgIpc) is 3.27. The van der Waals surface area contributed by atoms with Gasteiger partial charge in [-0.05, 0) is 35.9 Å². The highest BCUT2D eigenvalue weighted by atomic mass is 32.1. The van der Waals surface area contributed by atoms with Gasteiger partial charge in [0.25, 0.3) is 0 Å². The molecule has 1 fully saturated rings. The molecule has 5 rings (SSSR count). The van der Waals surface area contributed by atoms with Crippen LogP contribution in [0.3, 0.4) is 0 Å². The Labute approximate surface area is 168 Å². The smallest absolute Gasteiger partial charge is 0.234 e. The number of benzene rings is 1. The number of anilines is 1. The van der Waals surface area contributed by atoms with Gasteiger partial charge < -0.3 is 9.80 Å². The van der Waals surface area contributed by atoms with Crippen molar-refractivity contribution in [1.82, 2.24) is 14.9 Å². The van der Waals surface area contributed by atoms with Crippen molar-refractivity contribution in [2.75, 3.05) is 31.1 Å². The molecule has 1 saturated heterocycles. The molecule has 0 spiro atoms. The zero-order valence-corrected chi connectivity index (χ0v) is 16.7. The van der Waals surface area contributed by atoms with E-state index in [-0.39, 0.29) is 11.8 Å². The van der Waals surface area contributed by atoms with Crippen molar-refractivity contribution in [3.8, 4) is 0 Å². The summed E-state index contributed by atoms with van der Waals surface area (Å²) in [5, 5.41) is 3.17. The van der Waals surface area contributed by atoms with E-state index in [1.807, 2.05) is 23.1 Å². The molecule has 1 aromatic carbocycles. The monoisotopic (exact) mass is 390 g/mol. The standard InChI is InChI=1S/C22H22N4OS/c1-15-18(16-6-3-2-4-7-16)19(15)22(27)26-10-5-9-25(11-12-26)20-17-8-13-28-21(17)24-14-23-20/h2-4,6-8,13-14,19H,5,9-12H2,1H3. The molecular formula is C22H22N4OS. The average molecular weight is 391 g/mol. The van der Waals surface area contributed by atoms with E-state index in [1.165, 1.54) is 16.7 Å². The number of hydrogen-bond donors (Lipinski definition) is 0. The molecule has 5 nitrogen and oxygen atoms in total. The number of aromatic nitrogens is 2. The fourth-order valence-electron chi connectivity index (χ4n) is 4.21. The number of hydrogen-bond acceptors (Lipinski definition) is 5. The minimum atomic E-state index is -0.0309. The van der Waals surface area contributed by atoms with Crippen LogP contribution in [0.2, 0.25) is 0 Å². The Kier molecular flexibility index (Phi) is 4.36. The Hall–Kier alpha value is -2.73. The SMILES string of the molecule is CC1=C(c2ccccc2)C1C(=O)N1CCCN(c2ncnc3sccc23)CC1. The molecule has 1 aliphatic carbocycles. The van der Waals surface area contributed by atoms with E-state index in [2.05, 4.69) is 45.4 Å². The van der Waals surface area contributed by atoms with Gasteiger partial charge in [0, 0.05) is 26.2 Å². The highest BCUT2D eigenvalue weighted by molar-refractivity contribution is 7.16. The second kappa shape index (κ2) is 7.02. The van der Waals surface area contributed by atoms with E-state index >= 15 is 0 Å². The van der Waals surface area contributed by atoms with Gasteiger partial charge in [-0.25, -0.2) is 9.97 Å². The number of rotatable bonds is 3. The van der Waals surface area contributed by atoms with Gasteiger partial charge in [-0.15, -0.1) is 11.3 Å². The van der Waals surface area contributed by atoms with Gasteiger partial charge in [-0.1, -0.05) is 35.9 Å². The minimum Gasteiger partial charge on any atom is -0.354 e. The molecule has 28 heavy (non-hydrogen) atoms. The molecular weight excluding hydrogens is 368 g/mol. The highest BCUT2D eigenvalue weighted by Gasteiger charge is 2.42. The topological polar surface area (TPSA) is 49.3 Å². The molecule has 142 valence electrons. The molecule has 0 radical (unpaired) electrons. The van der Waals surface area contributed by atoms with E-state index in [4.69, 9.17) is 0 Å². The lowest BCUT2D eigenvalue weighted by molar-refractivity contribution is -0.131. The first-order valence-electron chi connectivity index (χ1n) is 9.72. The zero-order chi connectivity index (χ0) is 19.1. The van der Waals surface area contributed by atoms with E-state index in [9.17, 15) is 4.79 Å². The van der Waals surface area contributed by atoms with Gasteiger partial charge in [0.1, 0.15) is 17.0 Å². The third-order valence-electron chi connectivity index (χ3n) is 5.74. The second-order valence-electron chi connectivity index (χ2n) is 7.40. The van der Waals surface area contributed by atoms with Gasteiger partial charge >= 0.3 is 0 Å². The maximum absolute atomic E-state index is 13.2. The lowest BCUT2D eigenvalue weighted by Crippen LogP contribution is -2.37. The first kappa shape index (κ1) is 17.4. The Bertz CT molecular complexity index is 1060. The Morgan fingerprint density at radius 2 is 1.93 bits per heavy atom. The van der Waals surface area contributed by atoms with Crippen LogP contribution in [0.25, 0.3) is 15.8 Å². The molecule has 6 heteroatoms. The summed E-state index contributed by atoms with van der Waals surface area (Å²) in [7, 11) is 0. The van der Waals surface area contributed by atoms with Crippen molar-refractivity contribution in [2.45, 2.75) is 13.3 Å². The Morgan fingerprint density at radius 3 is 2.79 bits per heavy atom. The van der Waals surface area contributed by atoms with Crippen LogP contribution >= 0.6 is 11.3 Å². The molecule has 0 saturated carbocycles. The van der Waals surface area contributed by atoms with E-state index in [0.717, 1.165) is 48.6 Å². The van der Waals surface area contributed by atoms with Crippen LogP contribution in [0, 0.1) is 5.92 Å². The number of amides is 1. The summed E-state index contributed by atoms with van der Waals surface area (Å²) in [5.41, 5.74) is 3.60. The normalized spacial score (nSPS) is 19.8. The molecule has 3 heterocycles. The predicted molar refractivity (Wildman–Crippen MR) is 113 cm³/mol. The van der Waals surface area contributed by atoms with Gasteiger partial charge in [-0.2, -0.15) is 0 Å². The molecule has 1 atom stereocenters. The Balaban J connectivity index is 1.29. The lowest BCUT2D eigenvalue weighted by Gasteiger charge is -2.23. The minimum absolute atomic E-state index is 0.0309. The lowest BCUT2D eigenvalue weighted by atomic mass is 10.1. The van der Waals surface area contributed by atoms with Gasteiger partial charge in [0.2, 0.25) is 5.91 Å². The van der Waals surface area contributed by atoms with Gasteiger partial charge in [0.05, 0.1) is 11.3 Å². The quantitative estimate of drug-likeness (QED) is 0.682. The summed E-state index contributed by atoms with van der Waals surface area (Å²) in [6, 6.07) is 12.4. The van der Waals surface area contributed by atoms with Crippen LogP contribution in [-0.4, -0.2) is 47.0 Å². The molecule has 2 aliphatic rings. The van der Waals surface area contributed by atoms with E-state index in [1.54, 1.807) is 17.7 Å². The first-order chi connectivity index (χ1) is 13.7. The van der Waals surface area contributed by atoms with Crippen molar-refractivity contribution in [1.29, 1.82) is 0 Å². The molecule has 2 aromatic heterocycles. The fraction of sp³-hybridized carbons (Fsp3) is 0.318. The molecule has 1 amide bonds. The summed E-state index contributed by atoms with van der Waals surface area (Å²) < 4.78 is 0. The zero-order valence-electron chi connectivity index (χ0n) is 15.8. The third kappa shape index (κ3) is 2.98. The predicted octanol–water partition coefficient (Wildman–Crippen LogP) is 3.83. The van der Waals surface area contributed by atoms with Crippen LogP contribution in [-0.2, 0) is 4.79 Å². The van der Waals surface area contributed by atoms with Gasteiger partial charge in [0.15, 0.2) is 0 Å². The molecule has 0 bridgehead atoms. The van der Waals surface area contributed by atoms with Crippen molar-refractivity contribution in [2.24, 2.45) is 5.92 Å². The van der Waals surface area contributed by atoms with E-state index in [0.29, 0.717) is 0 Å². The number of nitrogens with zero attached hydrogens (tertiary/aromatic N) is 4. The summed E-state index contributed by atoms with van der Waals surface area (Å²) in [5.74, 6) is 1.21. The van der Waals surface area contributed by atoms with E-state index < -0.39 is 0 Å². The molecule has 3 aromatic rings. The number of thiophene rings is 1. The van der Waals surface area contributed by atoms with Crippen molar-refractivity contribution >= 4 is 38.9 Å². The summed E-state index contributed by atoms with van der Waals surface area (Å²) in [6.07, 6.45) is 2.60. The van der Waals surface area contributed by atoms with Crippen LogP contribution < -0.4 is 4.90 Å². The van der Waals surface area contributed by atoms with Crippen molar-refractivity contribution < 1.29 is 4.79 Å². The molecule has 0 N–H and O–H groups in total. The molecule has 1 aliphatic heterocycles. The van der Waals surface area contributed by atoms with Crippen molar-refractivity contribution in [3.05, 3.63) is 59.2 Å². The largest absolute Gasteiger partial charge is 0.354 e. The highest BCUT2D eigenvalue weighted by Crippen LogP contribution is 2.47. The third-order valence-corrected chi connectivity index (χ3v) is 6.56. The van der Waals surface area contributed by atoms with Crippen LogP contribution in [0.1, 0.15) is 18.9 Å². The molecule has 1 unspecified atom stereocenters. The first-order valence-corrected chi connectivity index (χ1v) is 10.6. The summed E-state index contributed by atoms with van der Waals surface area (Å²) in [6.45, 7) is 5.34. The van der Waals surface area contributed by atoms with Crippen molar-refractivity contribution in [3.63, 3.8) is 0 Å².